The van der Waals surface area contributed by atoms with Crippen LogP contribution < -0.4 is 10.5 Å². The summed E-state index contributed by atoms with van der Waals surface area (Å²) in [6, 6.07) is 11.8. The van der Waals surface area contributed by atoms with E-state index in [0.29, 0.717) is 16.3 Å². The summed E-state index contributed by atoms with van der Waals surface area (Å²) in [5.41, 5.74) is 7.03. The highest BCUT2D eigenvalue weighted by atomic mass is 35.5. The normalized spacial score (nSPS) is 12.2. The molecule has 19 heavy (non-hydrogen) atoms. The summed E-state index contributed by atoms with van der Waals surface area (Å²) >= 11 is 5.95. The lowest BCUT2D eigenvalue weighted by atomic mass is 10.1. The van der Waals surface area contributed by atoms with Gasteiger partial charge in [0.25, 0.3) is 0 Å². The van der Waals surface area contributed by atoms with Crippen molar-refractivity contribution in [3.63, 3.8) is 0 Å². The van der Waals surface area contributed by atoms with Gasteiger partial charge < -0.3 is 10.5 Å². The molecule has 2 aromatic rings. The van der Waals surface area contributed by atoms with Gasteiger partial charge in [-0.05, 0) is 36.8 Å². The van der Waals surface area contributed by atoms with Crippen LogP contribution in [0.25, 0.3) is 0 Å². The van der Waals surface area contributed by atoms with Crippen LogP contribution in [0.15, 0.2) is 42.5 Å². The Balaban J connectivity index is 2.24. The lowest BCUT2D eigenvalue weighted by Crippen LogP contribution is -2.19. The predicted molar refractivity (Wildman–Crippen MR) is 75.0 cm³/mol. The van der Waals surface area contributed by atoms with Gasteiger partial charge in [0.2, 0.25) is 0 Å². The fourth-order valence-electron chi connectivity index (χ4n) is 1.83. The molecule has 2 rings (SSSR count). The van der Waals surface area contributed by atoms with E-state index in [0.717, 1.165) is 5.56 Å². The molecule has 0 saturated heterocycles. The Morgan fingerprint density at radius 2 is 2.00 bits per heavy atom. The Bertz CT molecular complexity index is 574. The van der Waals surface area contributed by atoms with Crippen molar-refractivity contribution in [1.29, 1.82) is 0 Å². The van der Waals surface area contributed by atoms with E-state index in [1.807, 2.05) is 13.0 Å². The van der Waals surface area contributed by atoms with Crippen LogP contribution in [0.1, 0.15) is 17.2 Å². The van der Waals surface area contributed by atoms with E-state index < -0.39 is 6.10 Å². The molecule has 0 aliphatic heterocycles. The first-order valence-electron chi connectivity index (χ1n) is 5.99. The number of benzene rings is 2. The second-order valence-corrected chi connectivity index (χ2v) is 4.68. The Labute approximate surface area is 117 Å². The van der Waals surface area contributed by atoms with Gasteiger partial charge >= 0.3 is 0 Å². The largest absolute Gasteiger partial charge is 0.484 e. The van der Waals surface area contributed by atoms with Crippen molar-refractivity contribution >= 4 is 11.6 Å². The molecule has 2 nitrogen and oxygen atoms in total. The van der Waals surface area contributed by atoms with E-state index >= 15 is 0 Å². The predicted octanol–water partition coefficient (Wildman–Crippen LogP) is 3.87. The van der Waals surface area contributed by atoms with E-state index in [9.17, 15) is 4.39 Å². The van der Waals surface area contributed by atoms with Gasteiger partial charge in [0.15, 0.2) is 0 Å². The van der Waals surface area contributed by atoms with Gasteiger partial charge in [0, 0.05) is 17.1 Å². The zero-order chi connectivity index (χ0) is 13.8. The molecule has 0 aromatic heterocycles. The highest BCUT2D eigenvalue weighted by molar-refractivity contribution is 6.31. The molecule has 0 spiro atoms. The summed E-state index contributed by atoms with van der Waals surface area (Å²) in [4.78, 5) is 0. The molecule has 1 atom stereocenters. The summed E-state index contributed by atoms with van der Waals surface area (Å²) in [6.07, 6.45) is -0.512. The third-order valence-electron chi connectivity index (χ3n) is 2.87. The van der Waals surface area contributed by atoms with Crippen molar-refractivity contribution in [3.8, 4) is 5.75 Å². The molecule has 2 N–H and O–H groups in total. The van der Waals surface area contributed by atoms with Crippen molar-refractivity contribution in [2.45, 2.75) is 13.0 Å². The zero-order valence-corrected chi connectivity index (χ0v) is 11.3. The second-order valence-electron chi connectivity index (χ2n) is 4.27. The first-order chi connectivity index (χ1) is 9.11. The van der Waals surface area contributed by atoms with E-state index in [1.54, 1.807) is 30.3 Å². The minimum atomic E-state index is -0.512. The highest BCUT2D eigenvalue weighted by Gasteiger charge is 2.15. The fourth-order valence-corrected chi connectivity index (χ4v) is 1.95. The van der Waals surface area contributed by atoms with E-state index in [2.05, 4.69) is 0 Å². The van der Waals surface area contributed by atoms with E-state index in [4.69, 9.17) is 22.1 Å². The average molecular weight is 280 g/mol. The van der Waals surface area contributed by atoms with Crippen molar-refractivity contribution in [2.24, 2.45) is 5.73 Å². The summed E-state index contributed by atoms with van der Waals surface area (Å²) < 4.78 is 19.5. The summed E-state index contributed by atoms with van der Waals surface area (Å²) in [7, 11) is 0. The van der Waals surface area contributed by atoms with E-state index in [1.165, 1.54) is 6.07 Å². The van der Waals surface area contributed by atoms with Gasteiger partial charge in [0.05, 0.1) is 0 Å². The smallest absolute Gasteiger partial charge is 0.139 e. The maximum atomic E-state index is 13.7. The molecule has 0 aliphatic rings. The van der Waals surface area contributed by atoms with Crippen LogP contribution in [-0.2, 0) is 0 Å². The van der Waals surface area contributed by atoms with Crippen LogP contribution in [0.3, 0.4) is 0 Å². The lowest BCUT2D eigenvalue weighted by Gasteiger charge is -2.18. The molecule has 0 bridgehead atoms. The second kappa shape index (κ2) is 6.04. The molecule has 100 valence electrons. The van der Waals surface area contributed by atoms with Crippen LogP contribution in [0.2, 0.25) is 5.02 Å². The van der Waals surface area contributed by atoms with E-state index in [-0.39, 0.29) is 12.4 Å². The number of hydrogen-bond donors (Lipinski definition) is 1. The van der Waals surface area contributed by atoms with Crippen LogP contribution in [0, 0.1) is 12.7 Å². The topological polar surface area (TPSA) is 35.2 Å². The van der Waals surface area contributed by atoms with Crippen LogP contribution in [0.5, 0.6) is 5.75 Å². The molecule has 0 fully saturated rings. The molecule has 0 radical (unpaired) electrons. The lowest BCUT2D eigenvalue weighted by molar-refractivity contribution is 0.209. The fraction of sp³-hybridized carbons (Fsp3) is 0.200. The number of halogens is 2. The molecule has 0 heterocycles. The molecule has 0 aliphatic carbocycles. The first kappa shape index (κ1) is 13.8. The SMILES string of the molecule is Cc1cc(OC(CN)c2ccccc2F)ccc1Cl. The molecule has 2 aromatic carbocycles. The Hall–Kier alpha value is -1.58. The Kier molecular flexibility index (Phi) is 4.40. The standard InChI is InChI=1S/C15H15ClFNO/c1-10-8-11(6-7-13(10)16)19-15(9-18)12-4-2-3-5-14(12)17/h2-8,15H,9,18H2,1H3. The molecule has 4 heteroatoms. The monoisotopic (exact) mass is 279 g/mol. The molecular formula is C15H15ClFNO. The first-order valence-corrected chi connectivity index (χ1v) is 6.37. The van der Waals surface area contributed by atoms with Gasteiger partial charge in [-0.3, -0.25) is 0 Å². The number of nitrogens with two attached hydrogens (primary N) is 1. The molecule has 0 amide bonds. The summed E-state index contributed by atoms with van der Waals surface area (Å²) in [5.74, 6) is 0.309. The van der Waals surface area contributed by atoms with Crippen molar-refractivity contribution in [2.75, 3.05) is 6.54 Å². The maximum Gasteiger partial charge on any atom is 0.139 e. The van der Waals surface area contributed by atoms with Crippen molar-refractivity contribution in [3.05, 3.63) is 64.4 Å². The van der Waals surface area contributed by atoms with Gasteiger partial charge in [-0.1, -0.05) is 29.8 Å². The third kappa shape index (κ3) is 3.25. The van der Waals surface area contributed by atoms with Crippen molar-refractivity contribution in [1.82, 2.24) is 0 Å². The van der Waals surface area contributed by atoms with Gasteiger partial charge in [-0.2, -0.15) is 0 Å². The van der Waals surface area contributed by atoms with Gasteiger partial charge in [-0.25, -0.2) is 4.39 Å². The van der Waals surface area contributed by atoms with Crippen molar-refractivity contribution < 1.29 is 9.13 Å². The average Bonchev–Trinajstić information content (AvgIpc) is 2.41. The number of rotatable bonds is 4. The van der Waals surface area contributed by atoms with Crippen LogP contribution >= 0.6 is 11.6 Å². The molecule has 1 unspecified atom stereocenters. The quantitative estimate of drug-likeness (QED) is 0.922. The molecule has 0 saturated carbocycles. The van der Waals surface area contributed by atoms with Crippen LogP contribution in [-0.4, -0.2) is 6.54 Å². The third-order valence-corrected chi connectivity index (χ3v) is 3.30. The van der Waals surface area contributed by atoms with Gasteiger partial charge in [-0.15, -0.1) is 0 Å². The molecular weight excluding hydrogens is 265 g/mol. The minimum Gasteiger partial charge on any atom is -0.484 e. The number of ether oxygens (including phenoxy) is 1. The Morgan fingerprint density at radius 3 is 2.63 bits per heavy atom. The number of hydrogen-bond acceptors (Lipinski definition) is 2. The zero-order valence-electron chi connectivity index (χ0n) is 10.6. The van der Waals surface area contributed by atoms with Gasteiger partial charge in [0.1, 0.15) is 17.7 Å². The summed E-state index contributed by atoms with van der Waals surface area (Å²) in [6.45, 7) is 2.08. The highest BCUT2D eigenvalue weighted by Crippen LogP contribution is 2.26. The maximum absolute atomic E-state index is 13.7. The summed E-state index contributed by atoms with van der Waals surface area (Å²) in [5, 5.41) is 0.669. The number of aryl methyl sites for hydroxylation is 1. The minimum absolute atomic E-state index is 0.197. The Morgan fingerprint density at radius 1 is 1.26 bits per heavy atom. The van der Waals surface area contributed by atoms with Crippen LogP contribution in [0.4, 0.5) is 4.39 Å².